The Hall–Kier alpha value is -9.10. The Bertz CT molecular complexity index is 4150. The molecule has 0 spiro atoms. The molecule has 11 aromatic carbocycles. The maximum atomic E-state index is 7.43. The van der Waals surface area contributed by atoms with Gasteiger partial charge in [0.15, 0.2) is 8.07 Å². The first-order valence-electron chi connectivity index (χ1n) is 24.8. The Morgan fingerprint density at radius 3 is 1.49 bits per heavy atom. The zero-order valence-corrected chi connectivity index (χ0v) is 40.1. The van der Waals surface area contributed by atoms with Crippen LogP contribution in [0.1, 0.15) is 0 Å². The summed E-state index contributed by atoms with van der Waals surface area (Å²) in [4.78, 5) is 0. The predicted molar refractivity (Wildman–Crippen MR) is 302 cm³/mol. The molecule has 0 saturated carbocycles. The van der Waals surface area contributed by atoms with E-state index in [1.165, 1.54) is 53.3 Å². The van der Waals surface area contributed by atoms with Gasteiger partial charge in [0.1, 0.15) is 23.0 Å². The summed E-state index contributed by atoms with van der Waals surface area (Å²) in [5.74, 6) is 3.38. The SMILES string of the molecule is c1ccc([Si](c2ccccc2)(c2ccccc2)c2cccc(-c3c(-n4c5ccccc5c5cc(-n6c7ccccc7c7ccccc76)ccc54)ccc4c3Oc3cccc5c3B4c3ccccc3O5)c2)cc1. The van der Waals surface area contributed by atoms with E-state index in [-0.39, 0.29) is 6.71 Å². The van der Waals surface area contributed by atoms with Crippen molar-refractivity contribution in [1.29, 1.82) is 0 Å². The van der Waals surface area contributed by atoms with Gasteiger partial charge in [-0.2, -0.15) is 0 Å². The van der Waals surface area contributed by atoms with Crippen LogP contribution in [0.2, 0.25) is 0 Å². The summed E-state index contributed by atoms with van der Waals surface area (Å²) >= 11 is 0. The summed E-state index contributed by atoms with van der Waals surface area (Å²) < 4.78 is 18.9. The number of nitrogens with zero attached hydrogens (tertiary/aromatic N) is 2. The Balaban J connectivity index is 1.03. The highest BCUT2D eigenvalue weighted by atomic mass is 28.3. The maximum Gasteiger partial charge on any atom is 0.260 e. The molecule has 0 amide bonds. The van der Waals surface area contributed by atoms with Gasteiger partial charge in [0.05, 0.1) is 27.8 Å². The third kappa shape index (κ3) is 5.87. The van der Waals surface area contributed by atoms with Crippen LogP contribution < -0.4 is 46.6 Å². The molecule has 72 heavy (non-hydrogen) atoms. The van der Waals surface area contributed by atoms with E-state index in [1.807, 2.05) is 0 Å². The Morgan fingerprint density at radius 1 is 0.333 bits per heavy atom. The van der Waals surface area contributed by atoms with E-state index < -0.39 is 8.07 Å². The molecule has 15 rings (SSSR count). The van der Waals surface area contributed by atoms with E-state index in [2.05, 4.69) is 270 Å². The fraction of sp³-hybridized carbons (Fsp3) is 0. The molecule has 0 saturated heterocycles. The van der Waals surface area contributed by atoms with E-state index in [0.29, 0.717) is 0 Å². The fourth-order valence-corrected chi connectivity index (χ4v) is 17.2. The molecule has 0 aliphatic carbocycles. The molecule has 336 valence electrons. The number of para-hydroxylation sites is 4. The monoisotopic (exact) mass is 934 g/mol. The molecule has 4 heterocycles. The van der Waals surface area contributed by atoms with E-state index in [1.54, 1.807) is 0 Å². The van der Waals surface area contributed by atoms with Crippen molar-refractivity contribution >= 4 is 95.5 Å². The minimum atomic E-state index is -2.93. The first kappa shape index (κ1) is 40.8. The van der Waals surface area contributed by atoms with Crippen LogP contribution in [0, 0.1) is 0 Å². The lowest BCUT2D eigenvalue weighted by molar-refractivity contribution is 0.465. The average Bonchev–Trinajstić information content (AvgIpc) is 3.97. The van der Waals surface area contributed by atoms with E-state index >= 15 is 0 Å². The summed E-state index contributed by atoms with van der Waals surface area (Å²) in [6.07, 6.45) is 0. The van der Waals surface area contributed by atoms with Crippen molar-refractivity contribution in [2.45, 2.75) is 0 Å². The maximum absolute atomic E-state index is 7.43. The number of aromatic nitrogens is 2. The third-order valence-electron chi connectivity index (χ3n) is 15.4. The first-order valence-corrected chi connectivity index (χ1v) is 26.8. The van der Waals surface area contributed by atoms with Gasteiger partial charge in [-0.05, 0) is 97.9 Å². The molecule has 0 atom stereocenters. The molecule has 0 bridgehead atoms. The number of hydrogen-bond acceptors (Lipinski definition) is 2. The Kier molecular flexibility index (Phi) is 9.04. The number of benzene rings is 11. The van der Waals surface area contributed by atoms with Crippen LogP contribution in [0.25, 0.3) is 66.1 Å². The number of fused-ring (bicyclic) bond motifs is 10. The normalized spacial score (nSPS) is 12.6. The van der Waals surface area contributed by atoms with Gasteiger partial charge >= 0.3 is 0 Å². The van der Waals surface area contributed by atoms with Crippen molar-refractivity contribution in [1.82, 2.24) is 9.13 Å². The van der Waals surface area contributed by atoms with Gasteiger partial charge < -0.3 is 18.6 Å². The first-order chi connectivity index (χ1) is 35.7. The van der Waals surface area contributed by atoms with Crippen LogP contribution in [0.4, 0.5) is 0 Å². The second kappa shape index (κ2) is 16.0. The molecule has 6 heteroatoms. The van der Waals surface area contributed by atoms with Crippen LogP contribution in [-0.2, 0) is 0 Å². The van der Waals surface area contributed by atoms with Crippen molar-refractivity contribution in [2.75, 3.05) is 0 Å². The van der Waals surface area contributed by atoms with Crippen LogP contribution in [0.15, 0.2) is 261 Å². The lowest BCUT2D eigenvalue weighted by Gasteiger charge is -2.35. The zero-order chi connectivity index (χ0) is 47.3. The highest BCUT2D eigenvalue weighted by molar-refractivity contribution is 7.20. The predicted octanol–water partition coefficient (Wildman–Crippen LogP) is 11.7. The van der Waals surface area contributed by atoms with E-state index in [9.17, 15) is 0 Å². The van der Waals surface area contributed by atoms with Gasteiger partial charge in [-0.3, -0.25) is 0 Å². The van der Waals surface area contributed by atoms with Crippen LogP contribution >= 0.6 is 0 Å². The number of hydrogen-bond donors (Lipinski definition) is 0. The van der Waals surface area contributed by atoms with Gasteiger partial charge in [-0.25, -0.2) is 0 Å². The van der Waals surface area contributed by atoms with Crippen LogP contribution in [0.5, 0.6) is 23.0 Å². The second-order valence-corrected chi connectivity index (χ2v) is 22.9. The fourth-order valence-electron chi connectivity index (χ4n) is 12.4. The molecule has 2 aromatic heterocycles. The van der Waals surface area contributed by atoms with E-state index in [4.69, 9.17) is 9.47 Å². The molecule has 13 aromatic rings. The van der Waals surface area contributed by atoms with E-state index in [0.717, 1.165) is 72.9 Å². The molecular formula is C66H43BN2O2Si. The van der Waals surface area contributed by atoms with Crippen LogP contribution in [-0.4, -0.2) is 23.9 Å². The van der Waals surface area contributed by atoms with Crippen molar-refractivity contribution in [3.63, 3.8) is 0 Å². The smallest absolute Gasteiger partial charge is 0.260 e. The molecule has 0 radical (unpaired) electrons. The lowest BCUT2D eigenvalue weighted by atomic mass is 9.34. The summed E-state index contributed by atoms with van der Waals surface area (Å²) in [5.41, 5.74) is 12.2. The van der Waals surface area contributed by atoms with Crippen molar-refractivity contribution in [2.24, 2.45) is 0 Å². The quantitative estimate of drug-likeness (QED) is 0.118. The number of ether oxygens (including phenoxy) is 2. The van der Waals surface area contributed by atoms with Crippen molar-refractivity contribution in [3.8, 4) is 45.5 Å². The van der Waals surface area contributed by atoms with Crippen molar-refractivity contribution < 1.29 is 9.47 Å². The molecule has 4 nitrogen and oxygen atoms in total. The lowest BCUT2D eigenvalue weighted by Crippen LogP contribution is -2.74. The Labute approximate surface area is 418 Å². The van der Waals surface area contributed by atoms with Crippen LogP contribution in [0.3, 0.4) is 0 Å². The summed E-state index contributed by atoms with van der Waals surface area (Å²) in [6, 6.07) is 95.7. The molecular weight excluding hydrogens is 892 g/mol. The third-order valence-corrected chi connectivity index (χ3v) is 20.2. The highest BCUT2D eigenvalue weighted by Crippen LogP contribution is 2.45. The molecule has 0 fully saturated rings. The Morgan fingerprint density at radius 2 is 0.833 bits per heavy atom. The summed E-state index contributed by atoms with van der Waals surface area (Å²) in [5, 5.41) is 10.1. The minimum Gasteiger partial charge on any atom is -0.458 e. The largest absolute Gasteiger partial charge is 0.458 e. The molecule has 2 aliphatic heterocycles. The second-order valence-electron chi connectivity index (χ2n) is 19.1. The number of rotatable bonds is 7. The summed E-state index contributed by atoms with van der Waals surface area (Å²) in [7, 11) is -2.93. The molecule has 2 aliphatic rings. The van der Waals surface area contributed by atoms with Gasteiger partial charge in [0.25, 0.3) is 6.71 Å². The molecule has 0 N–H and O–H groups in total. The van der Waals surface area contributed by atoms with Gasteiger partial charge in [-0.1, -0.05) is 200 Å². The van der Waals surface area contributed by atoms with Gasteiger partial charge in [-0.15, -0.1) is 0 Å². The average molecular weight is 935 g/mol. The zero-order valence-electron chi connectivity index (χ0n) is 39.1. The van der Waals surface area contributed by atoms with Crippen molar-refractivity contribution in [3.05, 3.63) is 261 Å². The molecule has 0 unspecified atom stereocenters. The van der Waals surface area contributed by atoms with Gasteiger partial charge in [0.2, 0.25) is 0 Å². The minimum absolute atomic E-state index is 0.0979. The standard InChI is InChI=1S/C66H43BN2O2Si/c1-4-21-46(22-5-1)72(47-23-6-2-7-24-47,48-25-8-3-9-26-48)49-27-18-20-44(42-49)64-60(41-39-55-66(64)71-63-37-19-36-62-65(63)67(55)54-31-13-17-35-61(54)70-62)69-58-34-16-12-30-52(58)53-43-45(38-40-59(53)69)68-56-32-14-10-28-50(56)51-29-11-15-33-57(51)68/h1-43H. The highest BCUT2D eigenvalue weighted by Gasteiger charge is 2.44. The summed E-state index contributed by atoms with van der Waals surface area (Å²) in [6.45, 7) is -0.0979. The van der Waals surface area contributed by atoms with Gasteiger partial charge in [0, 0.05) is 38.3 Å². The topological polar surface area (TPSA) is 28.3 Å².